The van der Waals surface area contributed by atoms with Gasteiger partial charge in [-0.2, -0.15) is 15.0 Å². The van der Waals surface area contributed by atoms with Gasteiger partial charge < -0.3 is 14.9 Å². The number of rotatable bonds is 6. The van der Waals surface area contributed by atoms with Crippen LogP contribution in [0.2, 0.25) is 0 Å². The van der Waals surface area contributed by atoms with Crippen molar-refractivity contribution in [2.45, 2.75) is 11.5 Å². The molecule has 0 spiro atoms. The van der Waals surface area contributed by atoms with Crippen molar-refractivity contribution in [2.75, 3.05) is 12.4 Å². The highest BCUT2D eigenvalue weighted by molar-refractivity contribution is 7.90. The van der Waals surface area contributed by atoms with Crippen LogP contribution in [-0.2, 0) is 16.6 Å². The number of carbonyl (C=O) groups excluding carboxylic acids is 1. The maximum absolute atomic E-state index is 12.3. The Kier molecular flexibility index (Phi) is 5.64. The number of carboxylic acid groups (broad SMARTS) is 1. The molecule has 26 heavy (non-hydrogen) atoms. The molecule has 0 fully saturated rings. The number of aromatic carboxylic acids is 1. The van der Waals surface area contributed by atoms with Crippen molar-refractivity contribution in [3.63, 3.8) is 0 Å². The van der Waals surface area contributed by atoms with Crippen molar-refractivity contribution >= 4 is 28.0 Å². The number of benzene rings is 1. The third kappa shape index (κ3) is 4.40. The Morgan fingerprint density at radius 3 is 2.50 bits per heavy atom. The Morgan fingerprint density at radius 1 is 1.19 bits per heavy atom. The fourth-order valence-corrected chi connectivity index (χ4v) is 2.91. The Hall–Kier alpha value is -3.32. The van der Waals surface area contributed by atoms with Crippen LogP contribution >= 0.6 is 0 Å². The highest BCUT2D eigenvalue weighted by Crippen LogP contribution is 2.15. The fraction of sp³-hybridized carbons (Fsp3) is 0.154. The second-order valence-electron chi connectivity index (χ2n) is 4.58. The van der Waals surface area contributed by atoms with Crippen LogP contribution < -0.4 is 14.8 Å². The van der Waals surface area contributed by atoms with Gasteiger partial charge in [-0.3, -0.25) is 5.32 Å². The van der Waals surface area contributed by atoms with E-state index in [-0.39, 0.29) is 17.8 Å². The zero-order chi connectivity index (χ0) is 19.3. The molecule has 1 aromatic heterocycles. The lowest BCUT2D eigenvalue weighted by molar-refractivity contribution is 0.0692. The third-order valence-electron chi connectivity index (χ3n) is 2.84. The number of ether oxygens (including phenoxy) is 1. The molecule has 0 radical (unpaired) electrons. The van der Waals surface area contributed by atoms with Gasteiger partial charge in [0.25, 0.3) is 10.0 Å². The number of methoxy groups -OCH3 is 1. The molecule has 138 valence electrons. The van der Waals surface area contributed by atoms with Gasteiger partial charge in [-0.25, -0.2) is 22.7 Å². The van der Waals surface area contributed by atoms with E-state index in [9.17, 15) is 18.0 Å². The number of carbonyl (C=O) groups is 2. The lowest BCUT2D eigenvalue weighted by Gasteiger charge is -2.10. The lowest BCUT2D eigenvalue weighted by atomic mass is 10.2. The number of anilines is 1. The van der Waals surface area contributed by atoms with Gasteiger partial charge in [0, 0.05) is 0 Å². The van der Waals surface area contributed by atoms with Crippen LogP contribution in [0.3, 0.4) is 0 Å². The number of nitrogens with one attached hydrogen (secondary N) is 2. The summed E-state index contributed by atoms with van der Waals surface area (Å²) in [5, 5.41) is 20.1. The number of amides is 2. The number of sulfonamides is 1. The van der Waals surface area contributed by atoms with Crippen molar-refractivity contribution in [1.29, 1.82) is 0 Å². The summed E-state index contributed by atoms with van der Waals surface area (Å²) in [5.41, 5.74) is -0.503. The molecule has 0 aliphatic heterocycles. The summed E-state index contributed by atoms with van der Waals surface area (Å²) in [7, 11) is -3.24. The number of urea groups is 1. The van der Waals surface area contributed by atoms with E-state index >= 15 is 0 Å². The molecular formula is C13H13N5O7S. The molecule has 2 amide bonds. The molecule has 0 aliphatic carbocycles. The van der Waals surface area contributed by atoms with E-state index in [0.717, 1.165) is 12.1 Å². The summed E-state index contributed by atoms with van der Waals surface area (Å²) < 4.78 is 30.9. The molecule has 2 rings (SSSR count). The molecule has 1 heterocycles. The Bertz CT molecular complexity index is 925. The van der Waals surface area contributed by atoms with Gasteiger partial charge in [0.05, 0.1) is 12.7 Å². The average molecular weight is 383 g/mol. The van der Waals surface area contributed by atoms with Crippen LogP contribution in [0.15, 0.2) is 29.2 Å². The maximum atomic E-state index is 12.3. The van der Waals surface area contributed by atoms with Crippen LogP contribution in [0.1, 0.15) is 16.2 Å². The minimum absolute atomic E-state index is 0.119. The summed E-state index contributed by atoms with van der Waals surface area (Å²) in [5.74, 6) is -1.97. The van der Waals surface area contributed by atoms with Crippen molar-refractivity contribution in [2.24, 2.45) is 0 Å². The quantitative estimate of drug-likeness (QED) is 0.511. The fourth-order valence-electron chi connectivity index (χ4n) is 1.80. The second kappa shape index (κ2) is 7.71. The first-order valence-corrected chi connectivity index (χ1v) is 8.31. The molecule has 0 atom stereocenters. The Balaban J connectivity index is 2.23. The van der Waals surface area contributed by atoms with Crippen molar-refractivity contribution in [3.05, 3.63) is 35.7 Å². The van der Waals surface area contributed by atoms with E-state index in [0.29, 0.717) is 0 Å². The number of aromatic nitrogens is 3. The Morgan fingerprint density at radius 2 is 1.88 bits per heavy atom. The molecule has 13 heteroatoms. The number of hydrogen-bond donors (Lipinski definition) is 4. The smallest absolute Gasteiger partial charge is 0.337 e. The standard InChI is InChI=1S/C13H13N5O7S/c1-25-13-15-9(6-19)14-11(17-13)16-12(22)18-26(23,24)8-5-3-2-4-7(8)10(20)21/h2-5,19H,6H2,1H3,(H,20,21)(H2,14,15,16,17,18,22). The van der Waals surface area contributed by atoms with Gasteiger partial charge in [-0.1, -0.05) is 12.1 Å². The largest absolute Gasteiger partial charge is 0.478 e. The molecule has 0 bridgehead atoms. The van der Waals surface area contributed by atoms with E-state index in [1.165, 1.54) is 19.2 Å². The topological polar surface area (TPSA) is 181 Å². The highest BCUT2D eigenvalue weighted by Gasteiger charge is 2.24. The number of carboxylic acids is 1. The van der Waals surface area contributed by atoms with Crippen LogP contribution in [0.5, 0.6) is 6.01 Å². The lowest BCUT2D eigenvalue weighted by Crippen LogP contribution is -2.35. The first-order valence-electron chi connectivity index (χ1n) is 6.82. The molecule has 0 unspecified atom stereocenters. The van der Waals surface area contributed by atoms with E-state index in [1.807, 2.05) is 5.32 Å². The minimum atomic E-state index is -4.48. The summed E-state index contributed by atoms with van der Waals surface area (Å²) in [4.78, 5) is 33.5. The maximum Gasteiger partial charge on any atom is 0.337 e. The molecule has 0 saturated carbocycles. The van der Waals surface area contributed by atoms with Gasteiger partial charge >= 0.3 is 18.0 Å². The molecule has 12 nitrogen and oxygen atoms in total. The number of aliphatic hydroxyl groups is 1. The van der Waals surface area contributed by atoms with Crippen LogP contribution in [0.25, 0.3) is 0 Å². The van der Waals surface area contributed by atoms with Crippen LogP contribution in [0.4, 0.5) is 10.7 Å². The third-order valence-corrected chi connectivity index (χ3v) is 4.23. The highest BCUT2D eigenvalue weighted by atomic mass is 32.2. The summed E-state index contributed by atoms with van der Waals surface area (Å²) in [6, 6.07) is 3.31. The zero-order valence-electron chi connectivity index (χ0n) is 13.2. The van der Waals surface area contributed by atoms with Gasteiger partial charge in [-0.05, 0) is 12.1 Å². The van der Waals surface area contributed by atoms with Gasteiger partial charge in [0.15, 0.2) is 5.82 Å². The van der Waals surface area contributed by atoms with Gasteiger partial charge in [0.2, 0.25) is 5.95 Å². The first kappa shape index (κ1) is 19.0. The number of nitrogens with zero attached hydrogens (tertiary/aromatic N) is 3. The summed E-state index contributed by atoms with van der Waals surface area (Å²) in [6.07, 6.45) is 0. The van der Waals surface area contributed by atoms with Crippen LogP contribution in [-0.4, -0.2) is 52.7 Å². The van der Waals surface area contributed by atoms with E-state index < -0.39 is 39.1 Å². The van der Waals surface area contributed by atoms with Crippen molar-refractivity contribution in [1.82, 2.24) is 19.7 Å². The minimum Gasteiger partial charge on any atom is -0.478 e. The number of hydrogen-bond acceptors (Lipinski definition) is 9. The SMILES string of the molecule is COc1nc(CO)nc(NC(=O)NS(=O)(=O)c2ccccc2C(=O)O)n1. The van der Waals surface area contributed by atoms with E-state index in [2.05, 4.69) is 15.0 Å². The summed E-state index contributed by atoms with van der Waals surface area (Å²) >= 11 is 0. The molecule has 2 aromatic rings. The van der Waals surface area contributed by atoms with Gasteiger partial charge in [-0.15, -0.1) is 0 Å². The molecule has 1 aromatic carbocycles. The second-order valence-corrected chi connectivity index (χ2v) is 6.23. The average Bonchev–Trinajstić information content (AvgIpc) is 2.60. The predicted octanol–water partition coefficient (Wildman–Crippen LogP) is -0.419. The number of aliphatic hydroxyl groups excluding tert-OH is 1. The molecule has 4 N–H and O–H groups in total. The molecule has 0 aliphatic rings. The molecule has 0 saturated heterocycles. The van der Waals surface area contributed by atoms with Crippen molar-refractivity contribution < 1.29 is 33.0 Å². The van der Waals surface area contributed by atoms with E-state index in [1.54, 1.807) is 4.72 Å². The first-order chi connectivity index (χ1) is 12.3. The normalized spacial score (nSPS) is 10.8. The molecular weight excluding hydrogens is 370 g/mol. The van der Waals surface area contributed by atoms with Crippen LogP contribution in [0, 0.1) is 0 Å². The van der Waals surface area contributed by atoms with Crippen molar-refractivity contribution in [3.8, 4) is 6.01 Å². The zero-order valence-corrected chi connectivity index (χ0v) is 14.0. The van der Waals surface area contributed by atoms with Gasteiger partial charge in [0.1, 0.15) is 11.5 Å². The predicted molar refractivity (Wildman–Crippen MR) is 85.0 cm³/mol. The van der Waals surface area contributed by atoms with E-state index in [4.69, 9.17) is 14.9 Å². The monoisotopic (exact) mass is 383 g/mol. The summed E-state index contributed by atoms with van der Waals surface area (Å²) in [6.45, 7) is -0.570. The Labute approximate surface area is 146 Å².